The Labute approximate surface area is 130 Å². The normalized spacial score (nSPS) is 15.2. The van der Waals surface area contributed by atoms with Crippen LogP contribution in [0.2, 0.25) is 5.02 Å². The first-order valence-electron chi connectivity index (χ1n) is 5.40. The molecule has 0 aliphatic heterocycles. The SMILES string of the molecule is CC(N)(c1cnc(C(F)(F)F)s1)c1ccc(Br)cc1Cl. The number of benzene rings is 1. The summed E-state index contributed by atoms with van der Waals surface area (Å²) in [5.74, 6) is 0. The number of thiazole rings is 1. The maximum absolute atomic E-state index is 12.6. The van der Waals surface area contributed by atoms with Crippen LogP contribution in [-0.2, 0) is 11.7 Å². The molecule has 0 spiro atoms. The molecule has 1 aromatic heterocycles. The number of alkyl halides is 3. The summed E-state index contributed by atoms with van der Waals surface area (Å²) < 4.78 is 38.6. The second-order valence-corrected chi connectivity index (χ2v) is 6.71. The fraction of sp³-hybridized carbons (Fsp3) is 0.250. The van der Waals surface area contributed by atoms with Gasteiger partial charge in [-0.3, -0.25) is 0 Å². The molecule has 0 saturated heterocycles. The van der Waals surface area contributed by atoms with E-state index >= 15 is 0 Å². The van der Waals surface area contributed by atoms with Gasteiger partial charge in [0.05, 0.1) is 5.54 Å². The lowest BCUT2D eigenvalue weighted by Gasteiger charge is -2.24. The van der Waals surface area contributed by atoms with E-state index in [1.165, 1.54) is 0 Å². The summed E-state index contributed by atoms with van der Waals surface area (Å²) in [6.45, 7) is 1.61. The van der Waals surface area contributed by atoms with Crippen LogP contribution in [0.1, 0.15) is 22.4 Å². The first-order valence-corrected chi connectivity index (χ1v) is 7.39. The Kier molecular flexibility index (Phi) is 4.17. The minimum atomic E-state index is -4.47. The molecule has 0 bridgehead atoms. The second-order valence-electron chi connectivity index (χ2n) is 4.35. The van der Waals surface area contributed by atoms with Gasteiger partial charge in [-0.05, 0) is 24.6 Å². The van der Waals surface area contributed by atoms with Crippen LogP contribution < -0.4 is 5.73 Å². The smallest absolute Gasteiger partial charge is 0.317 e. The molecule has 8 heteroatoms. The lowest BCUT2D eigenvalue weighted by molar-refractivity contribution is -0.137. The summed E-state index contributed by atoms with van der Waals surface area (Å²) in [5.41, 5.74) is 5.57. The molecule has 0 saturated carbocycles. The van der Waals surface area contributed by atoms with Gasteiger partial charge < -0.3 is 5.73 Å². The zero-order valence-corrected chi connectivity index (χ0v) is 13.3. The van der Waals surface area contributed by atoms with Crippen LogP contribution >= 0.6 is 38.9 Å². The van der Waals surface area contributed by atoms with E-state index in [-0.39, 0.29) is 0 Å². The highest BCUT2D eigenvalue weighted by Crippen LogP contribution is 2.39. The average Bonchev–Trinajstić information content (AvgIpc) is 2.77. The number of aromatic nitrogens is 1. The molecule has 0 fully saturated rings. The summed E-state index contributed by atoms with van der Waals surface area (Å²) >= 11 is 9.90. The van der Waals surface area contributed by atoms with Gasteiger partial charge in [0.2, 0.25) is 0 Å². The van der Waals surface area contributed by atoms with Gasteiger partial charge >= 0.3 is 6.18 Å². The Morgan fingerprint density at radius 2 is 2.00 bits per heavy atom. The van der Waals surface area contributed by atoms with Crippen LogP contribution in [0.15, 0.2) is 28.9 Å². The third kappa shape index (κ3) is 3.00. The zero-order valence-electron chi connectivity index (χ0n) is 10.1. The zero-order chi connectivity index (χ0) is 15.1. The Bertz CT molecular complexity index is 640. The van der Waals surface area contributed by atoms with Crippen molar-refractivity contribution in [3.8, 4) is 0 Å². The van der Waals surface area contributed by atoms with E-state index in [1.807, 2.05) is 0 Å². The third-order valence-electron chi connectivity index (χ3n) is 2.75. The Hall–Kier alpha value is -0.630. The standard InChI is InChI=1S/C12H9BrClF3N2S/c1-11(18,7-3-2-6(13)4-8(7)14)9-5-19-10(20-9)12(15,16)17/h2-5H,18H2,1H3. The van der Waals surface area contributed by atoms with Crippen LogP contribution in [-0.4, -0.2) is 4.98 Å². The number of hydrogen-bond acceptors (Lipinski definition) is 3. The largest absolute Gasteiger partial charge is 0.443 e. The van der Waals surface area contributed by atoms with E-state index in [0.29, 0.717) is 26.8 Å². The molecule has 0 aliphatic rings. The van der Waals surface area contributed by atoms with E-state index < -0.39 is 16.7 Å². The molecule has 20 heavy (non-hydrogen) atoms. The quantitative estimate of drug-likeness (QED) is 0.806. The van der Waals surface area contributed by atoms with Crippen molar-refractivity contribution in [2.75, 3.05) is 0 Å². The first-order chi connectivity index (χ1) is 9.12. The van der Waals surface area contributed by atoms with Gasteiger partial charge in [-0.1, -0.05) is 33.6 Å². The number of nitrogens with zero attached hydrogens (tertiary/aromatic N) is 1. The fourth-order valence-corrected chi connectivity index (χ4v) is 3.42. The van der Waals surface area contributed by atoms with Crippen LogP contribution in [0, 0.1) is 0 Å². The van der Waals surface area contributed by atoms with E-state index in [9.17, 15) is 13.2 Å². The number of nitrogens with two attached hydrogens (primary N) is 1. The molecule has 2 nitrogen and oxygen atoms in total. The van der Waals surface area contributed by atoms with Crippen molar-refractivity contribution >= 4 is 38.9 Å². The highest BCUT2D eigenvalue weighted by Gasteiger charge is 2.37. The van der Waals surface area contributed by atoms with Crippen LogP contribution in [0.25, 0.3) is 0 Å². The molecule has 0 aliphatic carbocycles. The highest BCUT2D eigenvalue weighted by atomic mass is 79.9. The fourth-order valence-electron chi connectivity index (χ4n) is 1.69. The monoisotopic (exact) mass is 384 g/mol. The van der Waals surface area contributed by atoms with Gasteiger partial charge in [-0.25, -0.2) is 4.98 Å². The maximum Gasteiger partial charge on any atom is 0.443 e. The lowest BCUT2D eigenvalue weighted by Crippen LogP contribution is -2.33. The van der Waals surface area contributed by atoms with Crippen molar-refractivity contribution in [1.29, 1.82) is 0 Å². The molecule has 0 radical (unpaired) electrons. The van der Waals surface area contributed by atoms with Gasteiger partial charge in [0.15, 0.2) is 5.01 Å². The number of hydrogen-bond donors (Lipinski definition) is 1. The summed E-state index contributed by atoms with van der Waals surface area (Å²) in [6, 6.07) is 5.06. The van der Waals surface area contributed by atoms with Gasteiger partial charge in [-0.2, -0.15) is 13.2 Å². The summed E-state index contributed by atoms with van der Waals surface area (Å²) in [5, 5.41) is -0.538. The van der Waals surface area contributed by atoms with Crippen molar-refractivity contribution in [3.63, 3.8) is 0 Å². The van der Waals surface area contributed by atoms with E-state index in [0.717, 1.165) is 10.7 Å². The first kappa shape index (κ1) is 15.8. The van der Waals surface area contributed by atoms with Gasteiger partial charge in [0, 0.05) is 20.6 Å². The van der Waals surface area contributed by atoms with Crippen molar-refractivity contribution < 1.29 is 13.2 Å². The molecule has 1 aromatic carbocycles. The molecule has 2 aromatic rings. The molecule has 1 atom stereocenters. The molecule has 0 amide bonds. The highest BCUT2D eigenvalue weighted by molar-refractivity contribution is 9.10. The molecule has 2 rings (SSSR count). The molecule has 2 N–H and O–H groups in total. The predicted molar refractivity (Wildman–Crippen MR) is 76.9 cm³/mol. The van der Waals surface area contributed by atoms with Crippen molar-refractivity contribution in [3.05, 3.63) is 49.3 Å². The van der Waals surface area contributed by atoms with Crippen LogP contribution in [0.5, 0.6) is 0 Å². The third-order valence-corrected chi connectivity index (χ3v) is 4.84. The van der Waals surface area contributed by atoms with E-state index in [2.05, 4.69) is 20.9 Å². The van der Waals surface area contributed by atoms with Crippen LogP contribution in [0.3, 0.4) is 0 Å². The number of halogens is 5. The van der Waals surface area contributed by atoms with E-state index in [4.69, 9.17) is 17.3 Å². The topological polar surface area (TPSA) is 38.9 Å². The molecular formula is C12H9BrClF3N2S. The maximum atomic E-state index is 12.6. The molecular weight excluding hydrogens is 377 g/mol. The summed E-state index contributed by atoms with van der Waals surface area (Å²) in [7, 11) is 0. The molecule has 1 heterocycles. The van der Waals surface area contributed by atoms with Crippen molar-refractivity contribution in [2.24, 2.45) is 5.73 Å². The minimum Gasteiger partial charge on any atom is -0.317 e. The van der Waals surface area contributed by atoms with Gasteiger partial charge in [0.1, 0.15) is 0 Å². The van der Waals surface area contributed by atoms with Crippen molar-refractivity contribution in [2.45, 2.75) is 18.6 Å². The van der Waals surface area contributed by atoms with Crippen molar-refractivity contribution in [1.82, 2.24) is 4.98 Å². The van der Waals surface area contributed by atoms with Gasteiger partial charge in [-0.15, -0.1) is 11.3 Å². The van der Waals surface area contributed by atoms with Gasteiger partial charge in [0.25, 0.3) is 0 Å². The lowest BCUT2D eigenvalue weighted by atomic mass is 9.92. The van der Waals surface area contributed by atoms with Crippen LogP contribution in [0.4, 0.5) is 13.2 Å². The Morgan fingerprint density at radius 3 is 2.50 bits per heavy atom. The Balaban J connectivity index is 2.46. The van der Waals surface area contributed by atoms with E-state index in [1.54, 1.807) is 25.1 Å². The molecule has 108 valence electrons. The minimum absolute atomic E-state index is 0.300. The average molecular weight is 386 g/mol. The Morgan fingerprint density at radius 1 is 1.35 bits per heavy atom. The summed E-state index contributed by atoms with van der Waals surface area (Å²) in [6.07, 6.45) is -3.33. The summed E-state index contributed by atoms with van der Waals surface area (Å²) in [4.78, 5) is 3.69. The second kappa shape index (κ2) is 5.29. The molecule has 1 unspecified atom stereocenters. The predicted octanol–water partition coefficient (Wildman–Crippen LogP) is 4.80. The number of rotatable bonds is 2.